The number of anilines is 1. The number of amides is 1. The molecule has 1 heterocycles. The van der Waals surface area contributed by atoms with Crippen LogP contribution in [0.1, 0.15) is 46.6 Å². The summed E-state index contributed by atoms with van der Waals surface area (Å²) in [6, 6.07) is 0. The van der Waals surface area contributed by atoms with Crippen LogP contribution in [-0.4, -0.2) is 33.6 Å². The molecule has 126 valence electrons. The Balaban J connectivity index is 2.78. The van der Waals surface area contributed by atoms with E-state index in [0.29, 0.717) is 0 Å². The Hall–Kier alpha value is -2.71. The topological polar surface area (TPSA) is 117 Å². The Morgan fingerprint density at radius 3 is 2.00 bits per heavy atom. The van der Waals surface area contributed by atoms with Gasteiger partial charge in [-0.05, 0) is 20.8 Å². The zero-order chi connectivity index (χ0) is 17.6. The van der Waals surface area contributed by atoms with Gasteiger partial charge < -0.3 is 14.2 Å². The minimum atomic E-state index is -1.30. The summed E-state index contributed by atoms with van der Waals surface area (Å²) in [4.78, 5) is 41.5. The Kier molecular flexibility index (Phi) is 6.00. The van der Waals surface area contributed by atoms with Gasteiger partial charge in [0.15, 0.2) is 5.82 Å². The molecule has 9 heteroatoms. The lowest BCUT2D eigenvalue weighted by Gasteiger charge is -2.19. The molecule has 0 aliphatic carbocycles. The number of carbonyl (C=O) groups excluding carboxylic acids is 3. The van der Waals surface area contributed by atoms with E-state index in [4.69, 9.17) is 14.2 Å². The standard InChI is InChI=1S/C14H19N3O6/c1-8(18)21-12(22-9(2)19)10-6-16-11(7-15-10)17-13(20)23-14(3,4)5/h6-7,12H,1-5H3,(H,16,17,20). The predicted molar refractivity (Wildman–Crippen MR) is 78.2 cm³/mol. The molecule has 0 bridgehead atoms. The van der Waals surface area contributed by atoms with E-state index < -0.39 is 29.9 Å². The lowest BCUT2D eigenvalue weighted by atomic mass is 10.2. The predicted octanol–water partition coefficient (Wildman–Crippen LogP) is 1.95. The molecule has 1 N–H and O–H groups in total. The number of nitrogens with zero attached hydrogens (tertiary/aromatic N) is 2. The smallest absolute Gasteiger partial charge is 0.413 e. The van der Waals surface area contributed by atoms with Gasteiger partial charge in [0.2, 0.25) is 0 Å². The van der Waals surface area contributed by atoms with E-state index in [1.54, 1.807) is 20.8 Å². The second kappa shape index (κ2) is 7.52. The maximum atomic E-state index is 11.6. The van der Waals surface area contributed by atoms with Crippen LogP contribution < -0.4 is 5.32 Å². The molecule has 9 nitrogen and oxygen atoms in total. The second-order valence-corrected chi connectivity index (χ2v) is 5.50. The first kappa shape index (κ1) is 18.3. The van der Waals surface area contributed by atoms with Gasteiger partial charge in [0.1, 0.15) is 11.3 Å². The summed E-state index contributed by atoms with van der Waals surface area (Å²) in [7, 11) is 0. The van der Waals surface area contributed by atoms with Crippen molar-refractivity contribution >= 4 is 23.8 Å². The fraction of sp³-hybridized carbons (Fsp3) is 0.500. The molecule has 0 fully saturated rings. The first-order valence-electron chi connectivity index (χ1n) is 6.73. The zero-order valence-corrected chi connectivity index (χ0v) is 13.6. The van der Waals surface area contributed by atoms with E-state index in [1.807, 2.05) is 0 Å². The van der Waals surface area contributed by atoms with Gasteiger partial charge in [0.05, 0.1) is 12.4 Å². The summed E-state index contributed by atoms with van der Waals surface area (Å²) in [5.74, 6) is -1.16. The van der Waals surface area contributed by atoms with Gasteiger partial charge in [-0.2, -0.15) is 0 Å². The second-order valence-electron chi connectivity index (χ2n) is 5.50. The number of rotatable bonds is 4. The van der Waals surface area contributed by atoms with Crippen LogP contribution in [0.3, 0.4) is 0 Å². The third-order valence-corrected chi connectivity index (χ3v) is 2.09. The molecule has 0 unspecified atom stereocenters. The third kappa shape index (κ3) is 7.21. The van der Waals surface area contributed by atoms with Crippen molar-refractivity contribution < 1.29 is 28.6 Å². The highest BCUT2D eigenvalue weighted by Gasteiger charge is 2.21. The monoisotopic (exact) mass is 325 g/mol. The molecule has 1 rings (SSSR count). The van der Waals surface area contributed by atoms with Gasteiger partial charge >= 0.3 is 18.0 Å². The van der Waals surface area contributed by atoms with Crippen LogP contribution in [0.5, 0.6) is 0 Å². The molecule has 0 atom stereocenters. The highest BCUT2D eigenvalue weighted by molar-refractivity contribution is 5.83. The number of ether oxygens (including phenoxy) is 3. The normalized spacial score (nSPS) is 10.9. The molecule has 0 aromatic carbocycles. The number of carbonyl (C=O) groups is 3. The van der Waals surface area contributed by atoms with Crippen LogP contribution in [-0.2, 0) is 23.8 Å². The van der Waals surface area contributed by atoms with Gasteiger partial charge in [-0.1, -0.05) is 0 Å². The molecule has 0 saturated carbocycles. The number of esters is 2. The maximum absolute atomic E-state index is 11.6. The molecule has 1 amide bonds. The van der Waals surface area contributed by atoms with Crippen LogP contribution in [0, 0.1) is 0 Å². The van der Waals surface area contributed by atoms with Crippen molar-refractivity contribution in [1.82, 2.24) is 9.97 Å². The third-order valence-electron chi connectivity index (χ3n) is 2.09. The van der Waals surface area contributed by atoms with Crippen molar-refractivity contribution in [3.63, 3.8) is 0 Å². The fourth-order valence-corrected chi connectivity index (χ4v) is 1.38. The summed E-state index contributed by atoms with van der Waals surface area (Å²) < 4.78 is 14.7. The van der Waals surface area contributed by atoms with Gasteiger partial charge in [0, 0.05) is 13.8 Å². The van der Waals surface area contributed by atoms with Crippen molar-refractivity contribution in [3.05, 3.63) is 18.1 Å². The van der Waals surface area contributed by atoms with Crippen LogP contribution in [0.15, 0.2) is 12.4 Å². The molecule has 0 radical (unpaired) electrons. The minimum Gasteiger partial charge on any atom is -0.444 e. The molecular weight excluding hydrogens is 306 g/mol. The summed E-state index contributed by atoms with van der Waals surface area (Å²) in [6.45, 7) is 7.52. The Morgan fingerprint density at radius 1 is 1.04 bits per heavy atom. The summed E-state index contributed by atoms with van der Waals surface area (Å²) in [5.41, 5.74) is -0.544. The zero-order valence-electron chi connectivity index (χ0n) is 13.6. The molecule has 0 aliphatic rings. The molecule has 1 aromatic rings. The van der Waals surface area contributed by atoms with Crippen molar-refractivity contribution in [2.24, 2.45) is 0 Å². The van der Waals surface area contributed by atoms with Gasteiger partial charge in [-0.25, -0.2) is 14.8 Å². The highest BCUT2D eigenvalue weighted by Crippen LogP contribution is 2.17. The average molecular weight is 325 g/mol. The summed E-state index contributed by atoms with van der Waals surface area (Å²) in [5, 5.41) is 2.40. The molecule has 23 heavy (non-hydrogen) atoms. The highest BCUT2D eigenvalue weighted by atomic mass is 16.7. The number of aromatic nitrogens is 2. The average Bonchev–Trinajstić information content (AvgIpc) is 2.35. The molecule has 0 saturated heterocycles. The number of nitrogens with one attached hydrogen (secondary N) is 1. The van der Waals surface area contributed by atoms with Crippen LogP contribution >= 0.6 is 0 Å². The Labute approximate surface area is 133 Å². The summed E-state index contributed by atoms with van der Waals surface area (Å²) >= 11 is 0. The van der Waals surface area contributed by atoms with Crippen LogP contribution in [0.2, 0.25) is 0 Å². The fourth-order valence-electron chi connectivity index (χ4n) is 1.38. The molecule has 0 spiro atoms. The molecule has 1 aromatic heterocycles. The van der Waals surface area contributed by atoms with Crippen molar-refractivity contribution in [1.29, 1.82) is 0 Å². The molecular formula is C14H19N3O6. The lowest BCUT2D eigenvalue weighted by Crippen LogP contribution is -2.27. The SMILES string of the molecule is CC(=O)OC(OC(C)=O)c1cnc(NC(=O)OC(C)(C)C)cn1. The quantitative estimate of drug-likeness (QED) is 0.659. The van der Waals surface area contributed by atoms with Gasteiger partial charge in [-0.3, -0.25) is 14.9 Å². The maximum Gasteiger partial charge on any atom is 0.413 e. The van der Waals surface area contributed by atoms with Gasteiger partial charge in [-0.15, -0.1) is 0 Å². The Morgan fingerprint density at radius 2 is 1.61 bits per heavy atom. The number of hydrogen-bond donors (Lipinski definition) is 1. The van der Waals surface area contributed by atoms with E-state index in [1.165, 1.54) is 26.2 Å². The van der Waals surface area contributed by atoms with Crippen LogP contribution in [0.4, 0.5) is 10.6 Å². The van der Waals surface area contributed by atoms with Crippen molar-refractivity contribution in [2.45, 2.75) is 46.5 Å². The minimum absolute atomic E-state index is 0.102. The first-order valence-corrected chi connectivity index (χ1v) is 6.73. The van der Waals surface area contributed by atoms with E-state index in [9.17, 15) is 14.4 Å². The van der Waals surface area contributed by atoms with Crippen molar-refractivity contribution in [3.8, 4) is 0 Å². The lowest BCUT2D eigenvalue weighted by molar-refractivity contribution is -0.187. The summed E-state index contributed by atoms with van der Waals surface area (Å²) in [6.07, 6.45) is 0.451. The first-order chi connectivity index (χ1) is 10.6. The van der Waals surface area contributed by atoms with E-state index >= 15 is 0 Å². The number of hydrogen-bond acceptors (Lipinski definition) is 8. The van der Waals surface area contributed by atoms with Crippen LogP contribution in [0.25, 0.3) is 0 Å². The van der Waals surface area contributed by atoms with Gasteiger partial charge in [0.25, 0.3) is 6.29 Å². The van der Waals surface area contributed by atoms with E-state index in [2.05, 4.69) is 15.3 Å². The largest absolute Gasteiger partial charge is 0.444 e. The van der Waals surface area contributed by atoms with E-state index in [0.717, 1.165) is 0 Å². The Bertz CT molecular complexity index is 563. The van der Waals surface area contributed by atoms with E-state index in [-0.39, 0.29) is 11.5 Å². The van der Waals surface area contributed by atoms with Crippen molar-refractivity contribution in [2.75, 3.05) is 5.32 Å². The molecule has 0 aliphatic heterocycles.